The Morgan fingerprint density at radius 3 is 2.03 bits per heavy atom. The van der Waals surface area contributed by atoms with Crippen molar-refractivity contribution in [1.82, 2.24) is 4.90 Å². The number of phenolic OH excluding ortho intramolecular Hbond substituents is 1. The number of amides is 1. The van der Waals surface area contributed by atoms with Gasteiger partial charge in [0.15, 0.2) is 17.3 Å². The molecule has 2 aliphatic rings. The summed E-state index contributed by atoms with van der Waals surface area (Å²) in [4.78, 5) is 53.0. The molecule has 1 N–H and O–H groups in total. The van der Waals surface area contributed by atoms with Crippen molar-refractivity contribution in [2.24, 2.45) is 0 Å². The van der Waals surface area contributed by atoms with Gasteiger partial charge in [0.25, 0.3) is 0 Å². The molecule has 2 aromatic carbocycles. The Hall–Kier alpha value is -3.68. The Morgan fingerprint density at radius 1 is 0.933 bits per heavy atom. The molecule has 0 saturated carbocycles. The summed E-state index contributed by atoms with van der Waals surface area (Å²) in [6, 6.07) is 7.76. The van der Waals surface area contributed by atoms with E-state index < -0.39 is 17.5 Å². The van der Waals surface area contributed by atoms with E-state index in [2.05, 4.69) is 0 Å². The quantitative estimate of drug-likeness (QED) is 0.509. The highest BCUT2D eigenvalue weighted by molar-refractivity contribution is 6.30. The number of nitrogens with zero attached hydrogens (tertiary/aromatic N) is 2. The van der Waals surface area contributed by atoms with Crippen LogP contribution in [0.1, 0.15) is 45.7 Å². The summed E-state index contributed by atoms with van der Waals surface area (Å²) in [6.07, 6.45) is 0. The zero-order valence-electron chi connectivity index (χ0n) is 16.6. The summed E-state index contributed by atoms with van der Waals surface area (Å²) < 4.78 is 5.28. The lowest BCUT2D eigenvalue weighted by atomic mass is 9.82. The third-order valence-corrected chi connectivity index (χ3v) is 5.43. The second-order valence-corrected chi connectivity index (χ2v) is 7.28. The van der Waals surface area contributed by atoms with Crippen LogP contribution < -0.4 is 9.64 Å². The van der Waals surface area contributed by atoms with E-state index in [0.717, 1.165) is 0 Å². The average molecular weight is 408 g/mol. The maximum absolute atomic E-state index is 13.2. The number of rotatable bonds is 2. The summed E-state index contributed by atoms with van der Waals surface area (Å²) in [6.45, 7) is 4.43. The topological polar surface area (TPSA) is 104 Å². The van der Waals surface area contributed by atoms with Crippen LogP contribution in [0.2, 0.25) is 0 Å². The fourth-order valence-corrected chi connectivity index (χ4v) is 3.97. The van der Waals surface area contributed by atoms with Gasteiger partial charge in [0.2, 0.25) is 5.91 Å². The summed E-state index contributed by atoms with van der Waals surface area (Å²) in [5.41, 5.74) is 0.399. The number of benzene rings is 2. The first-order valence-electron chi connectivity index (χ1n) is 9.57. The van der Waals surface area contributed by atoms with E-state index in [0.29, 0.717) is 26.2 Å². The van der Waals surface area contributed by atoms with Crippen LogP contribution in [-0.4, -0.2) is 59.6 Å². The molecule has 0 spiro atoms. The first kappa shape index (κ1) is 19.6. The smallest absolute Gasteiger partial charge is 0.308 e. The van der Waals surface area contributed by atoms with Crippen LogP contribution in [0.5, 0.6) is 11.5 Å². The van der Waals surface area contributed by atoms with E-state index in [4.69, 9.17) is 4.74 Å². The summed E-state index contributed by atoms with van der Waals surface area (Å²) in [7, 11) is 0. The van der Waals surface area contributed by atoms with Crippen molar-refractivity contribution in [3.63, 3.8) is 0 Å². The third-order valence-electron chi connectivity index (χ3n) is 5.43. The molecule has 8 nitrogen and oxygen atoms in total. The van der Waals surface area contributed by atoms with Crippen molar-refractivity contribution in [3.8, 4) is 11.5 Å². The molecule has 8 heteroatoms. The number of hydrogen-bond acceptors (Lipinski definition) is 7. The maximum Gasteiger partial charge on any atom is 0.308 e. The van der Waals surface area contributed by atoms with Gasteiger partial charge in [-0.3, -0.25) is 19.2 Å². The molecule has 1 amide bonds. The van der Waals surface area contributed by atoms with E-state index in [1.807, 2.05) is 0 Å². The number of ether oxygens (including phenoxy) is 1. The summed E-state index contributed by atoms with van der Waals surface area (Å²) in [5.74, 6) is -2.07. The van der Waals surface area contributed by atoms with Gasteiger partial charge in [-0.2, -0.15) is 0 Å². The van der Waals surface area contributed by atoms with Gasteiger partial charge in [0.05, 0.1) is 16.8 Å². The molecule has 30 heavy (non-hydrogen) atoms. The number of piperazine rings is 1. The van der Waals surface area contributed by atoms with Crippen LogP contribution in [0.15, 0.2) is 30.3 Å². The fraction of sp³-hybridized carbons (Fsp3) is 0.273. The molecule has 2 aromatic rings. The van der Waals surface area contributed by atoms with Crippen molar-refractivity contribution < 1.29 is 29.0 Å². The molecule has 1 aliphatic carbocycles. The SMILES string of the molecule is CC(=O)Oc1cc(N2CCN(C(C)=O)CC2)c(O)c2c1C(=O)c1ccccc1C2=O. The second kappa shape index (κ2) is 7.29. The van der Waals surface area contributed by atoms with Gasteiger partial charge in [-0.25, -0.2) is 0 Å². The molecular weight excluding hydrogens is 388 g/mol. The van der Waals surface area contributed by atoms with Gasteiger partial charge < -0.3 is 19.6 Å². The molecule has 4 rings (SSSR count). The number of carbonyl (C=O) groups is 4. The summed E-state index contributed by atoms with van der Waals surface area (Å²) >= 11 is 0. The van der Waals surface area contributed by atoms with Crippen LogP contribution >= 0.6 is 0 Å². The van der Waals surface area contributed by atoms with Gasteiger partial charge in [0.1, 0.15) is 5.75 Å². The highest BCUT2D eigenvalue weighted by Crippen LogP contribution is 2.44. The number of aromatic hydroxyl groups is 1. The number of ketones is 2. The Labute approximate surface area is 172 Å². The normalized spacial score (nSPS) is 15.5. The van der Waals surface area contributed by atoms with Gasteiger partial charge in [0, 0.05) is 57.2 Å². The molecule has 0 bridgehead atoms. The second-order valence-electron chi connectivity index (χ2n) is 7.28. The van der Waals surface area contributed by atoms with E-state index >= 15 is 0 Å². The summed E-state index contributed by atoms with van der Waals surface area (Å²) in [5, 5.41) is 11.0. The number of phenols is 1. The zero-order chi connectivity index (χ0) is 21.6. The van der Waals surface area contributed by atoms with Gasteiger partial charge in [-0.1, -0.05) is 24.3 Å². The van der Waals surface area contributed by atoms with E-state index in [-0.39, 0.29) is 45.3 Å². The average Bonchev–Trinajstić information content (AvgIpc) is 2.72. The molecule has 0 unspecified atom stereocenters. The number of fused-ring (bicyclic) bond motifs is 2. The van der Waals surface area contributed by atoms with Crippen LogP contribution in [0.4, 0.5) is 5.69 Å². The van der Waals surface area contributed by atoms with Crippen LogP contribution in [0.3, 0.4) is 0 Å². The molecule has 0 radical (unpaired) electrons. The Balaban J connectivity index is 1.85. The van der Waals surface area contributed by atoms with Crippen LogP contribution in [-0.2, 0) is 9.59 Å². The van der Waals surface area contributed by atoms with Gasteiger partial charge in [-0.15, -0.1) is 0 Å². The monoisotopic (exact) mass is 408 g/mol. The number of anilines is 1. The zero-order valence-corrected chi connectivity index (χ0v) is 16.6. The molecular formula is C22H20N2O6. The van der Waals surface area contributed by atoms with Crippen molar-refractivity contribution in [1.29, 1.82) is 0 Å². The molecule has 1 fully saturated rings. The lowest BCUT2D eigenvalue weighted by molar-refractivity contribution is -0.132. The molecule has 1 heterocycles. The van der Waals surface area contributed by atoms with Crippen LogP contribution in [0, 0.1) is 0 Å². The minimum Gasteiger partial charge on any atom is -0.505 e. The lowest BCUT2D eigenvalue weighted by Gasteiger charge is -2.36. The van der Waals surface area contributed by atoms with Crippen molar-refractivity contribution in [2.45, 2.75) is 13.8 Å². The Morgan fingerprint density at radius 2 is 1.50 bits per heavy atom. The van der Waals surface area contributed by atoms with Gasteiger partial charge >= 0.3 is 5.97 Å². The number of carbonyl (C=O) groups excluding carboxylic acids is 4. The molecule has 0 aromatic heterocycles. The first-order valence-corrected chi connectivity index (χ1v) is 9.57. The molecule has 154 valence electrons. The fourth-order valence-electron chi connectivity index (χ4n) is 3.97. The Kier molecular flexibility index (Phi) is 4.77. The predicted octanol–water partition coefficient (Wildman–Crippen LogP) is 1.76. The van der Waals surface area contributed by atoms with E-state index in [1.54, 1.807) is 21.9 Å². The number of esters is 1. The minimum atomic E-state index is -0.644. The number of hydrogen-bond donors (Lipinski definition) is 1. The highest BCUT2D eigenvalue weighted by atomic mass is 16.5. The Bertz CT molecular complexity index is 1100. The molecule has 1 saturated heterocycles. The predicted molar refractivity (Wildman–Crippen MR) is 107 cm³/mol. The van der Waals surface area contributed by atoms with Crippen molar-refractivity contribution in [2.75, 3.05) is 31.1 Å². The van der Waals surface area contributed by atoms with Gasteiger partial charge in [-0.05, 0) is 0 Å². The maximum atomic E-state index is 13.2. The van der Waals surface area contributed by atoms with E-state index in [1.165, 1.54) is 32.0 Å². The van der Waals surface area contributed by atoms with Crippen LogP contribution in [0.25, 0.3) is 0 Å². The lowest BCUT2D eigenvalue weighted by Crippen LogP contribution is -2.48. The first-order chi connectivity index (χ1) is 14.3. The van der Waals surface area contributed by atoms with E-state index in [9.17, 15) is 24.3 Å². The molecule has 0 atom stereocenters. The highest BCUT2D eigenvalue weighted by Gasteiger charge is 2.37. The van der Waals surface area contributed by atoms with Crippen molar-refractivity contribution in [3.05, 3.63) is 52.6 Å². The largest absolute Gasteiger partial charge is 0.505 e. The standard InChI is InChI=1S/C22H20N2O6/c1-12(25)23-7-9-24(10-8-23)16-11-17(30-13(2)26)18-19(22(16)29)21(28)15-6-4-3-5-14(15)20(18)27/h3-6,11,29H,7-10H2,1-2H3. The third kappa shape index (κ3) is 3.10. The molecule has 1 aliphatic heterocycles. The van der Waals surface area contributed by atoms with Crippen molar-refractivity contribution >= 4 is 29.1 Å². The minimum absolute atomic E-state index is 0.0395.